The van der Waals surface area contributed by atoms with E-state index >= 15 is 0 Å². The van der Waals surface area contributed by atoms with Gasteiger partial charge in [0, 0.05) is 12.1 Å². The lowest BCUT2D eigenvalue weighted by atomic mass is 10.1. The van der Waals surface area contributed by atoms with Crippen molar-refractivity contribution in [2.24, 2.45) is 0 Å². The Labute approximate surface area is 153 Å². The van der Waals surface area contributed by atoms with Crippen molar-refractivity contribution >= 4 is 5.91 Å². The van der Waals surface area contributed by atoms with E-state index < -0.39 is 17.8 Å². The normalized spacial score (nSPS) is 12.6. The fraction of sp³-hybridized carbons (Fsp3) is 0.222. The Hall–Kier alpha value is -3.23. The van der Waals surface area contributed by atoms with Gasteiger partial charge < -0.3 is 5.32 Å². The average molecular weight is 375 g/mol. The number of hydrogen-bond acceptors (Lipinski definition) is 4. The van der Waals surface area contributed by atoms with E-state index in [1.165, 1.54) is 12.1 Å². The van der Waals surface area contributed by atoms with Crippen molar-refractivity contribution in [2.75, 3.05) is 0 Å². The van der Waals surface area contributed by atoms with Gasteiger partial charge in [-0.1, -0.05) is 42.5 Å². The molecule has 1 amide bonds. The predicted molar refractivity (Wildman–Crippen MR) is 91.3 cm³/mol. The minimum Gasteiger partial charge on any atom is -0.350 e. The number of tetrazole rings is 1. The first-order valence-corrected chi connectivity index (χ1v) is 8.13. The lowest BCUT2D eigenvalue weighted by molar-refractivity contribution is -0.137. The van der Waals surface area contributed by atoms with Gasteiger partial charge in [-0.2, -0.15) is 18.0 Å². The number of halogens is 3. The van der Waals surface area contributed by atoms with Gasteiger partial charge in [0.2, 0.25) is 11.7 Å². The first-order chi connectivity index (χ1) is 12.8. The summed E-state index contributed by atoms with van der Waals surface area (Å²) in [5.74, 6) is -0.310. The van der Waals surface area contributed by atoms with Crippen molar-refractivity contribution in [2.45, 2.75) is 25.7 Å². The Bertz CT molecular complexity index is 924. The zero-order valence-electron chi connectivity index (χ0n) is 14.3. The van der Waals surface area contributed by atoms with E-state index in [1.807, 2.05) is 30.3 Å². The van der Waals surface area contributed by atoms with Crippen molar-refractivity contribution in [1.29, 1.82) is 0 Å². The summed E-state index contributed by atoms with van der Waals surface area (Å²) in [6.45, 7) is 1.93. The third-order valence-corrected chi connectivity index (χ3v) is 3.91. The van der Waals surface area contributed by atoms with Crippen molar-refractivity contribution < 1.29 is 18.0 Å². The van der Waals surface area contributed by atoms with E-state index in [0.717, 1.165) is 22.5 Å². The minimum absolute atomic E-state index is 0.0174. The zero-order valence-corrected chi connectivity index (χ0v) is 14.3. The van der Waals surface area contributed by atoms with Crippen LogP contribution in [0.2, 0.25) is 0 Å². The maximum atomic E-state index is 12.8. The molecule has 0 radical (unpaired) electrons. The number of amides is 1. The van der Waals surface area contributed by atoms with Gasteiger partial charge in [0.1, 0.15) is 6.04 Å². The van der Waals surface area contributed by atoms with Crippen molar-refractivity contribution in [3.63, 3.8) is 0 Å². The van der Waals surface area contributed by atoms with Gasteiger partial charge in [-0.05, 0) is 29.8 Å². The molecular weight excluding hydrogens is 359 g/mol. The molecule has 1 atom stereocenters. The SMILES string of the molecule is CC(C(=O)NCc1ccccc1)n1nnc(-c2cccc(C(F)(F)F)c2)n1. The topological polar surface area (TPSA) is 72.7 Å². The van der Waals surface area contributed by atoms with Crippen molar-refractivity contribution in [3.05, 3.63) is 65.7 Å². The summed E-state index contributed by atoms with van der Waals surface area (Å²) in [5, 5.41) is 14.4. The smallest absolute Gasteiger partial charge is 0.350 e. The van der Waals surface area contributed by atoms with Gasteiger partial charge >= 0.3 is 6.18 Å². The number of nitrogens with one attached hydrogen (secondary N) is 1. The first-order valence-electron chi connectivity index (χ1n) is 8.13. The summed E-state index contributed by atoms with van der Waals surface area (Å²) < 4.78 is 38.5. The molecule has 0 aliphatic rings. The molecule has 0 bridgehead atoms. The number of hydrogen-bond donors (Lipinski definition) is 1. The van der Waals surface area contributed by atoms with Crippen molar-refractivity contribution in [3.8, 4) is 11.4 Å². The molecule has 0 fully saturated rings. The van der Waals surface area contributed by atoms with Crippen LogP contribution < -0.4 is 5.32 Å². The fourth-order valence-electron chi connectivity index (χ4n) is 2.38. The van der Waals surface area contributed by atoms with Crippen LogP contribution in [0.15, 0.2) is 54.6 Å². The largest absolute Gasteiger partial charge is 0.416 e. The maximum absolute atomic E-state index is 12.8. The molecule has 1 N–H and O–H groups in total. The second-order valence-corrected chi connectivity index (χ2v) is 5.89. The van der Waals surface area contributed by atoms with Gasteiger partial charge in [-0.3, -0.25) is 4.79 Å². The highest BCUT2D eigenvalue weighted by molar-refractivity contribution is 5.79. The number of nitrogens with zero attached hydrogens (tertiary/aromatic N) is 4. The highest BCUT2D eigenvalue weighted by Gasteiger charge is 2.30. The molecule has 0 saturated heterocycles. The van der Waals surface area contributed by atoms with Crippen LogP contribution in [0.5, 0.6) is 0 Å². The second kappa shape index (κ2) is 7.56. The molecule has 1 unspecified atom stereocenters. The molecule has 9 heteroatoms. The van der Waals surface area contributed by atoms with Crippen LogP contribution in [0.3, 0.4) is 0 Å². The average Bonchev–Trinajstić information content (AvgIpc) is 3.16. The van der Waals surface area contributed by atoms with E-state index in [2.05, 4.69) is 20.7 Å². The molecule has 2 aromatic carbocycles. The summed E-state index contributed by atoms with van der Waals surface area (Å²) in [4.78, 5) is 13.3. The number of aromatic nitrogens is 4. The number of carbonyl (C=O) groups excluding carboxylic acids is 1. The lowest BCUT2D eigenvalue weighted by Crippen LogP contribution is -2.31. The molecule has 1 aromatic heterocycles. The quantitative estimate of drug-likeness (QED) is 0.743. The monoisotopic (exact) mass is 375 g/mol. The Morgan fingerprint density at radius 2 is 1.89 bits per heavy atom. The standard InChI is InChI=1S/C18H16F3N5O/c1-12(17(27)22-11-13-6-3-2-4-7-13)26-24-16(23-25-26)14-8-5-9-15(10-14)18(19,20)21/h2-10,12H,11H2,1H3,(H,22,27). The highest BCUT2D eigenvalue weighted by Crippen LogP contribution is 2.31. The molecule has 3 aromatic rings. The number of carbonyl (C=O) groups is 1. The van der Waals surface area contributed by atoms with E-state index in [9.17, 15) is 18.0 Å². The molecule has 0 aliphatic heterocycles. The summed E-state index contributed by atoms with van der Waals surface area (Å²) in [6, 6.07) is 13.2. The molecule has 6 nitrogen and oxygen atoms in total. The van der Waals surface area contributed by atoms with Crippen LogP contribution >= 0.6 is 0 Å². The fourth-order valence-corrected chi connectivity index (χ4v) is 2.38. The molecule has 140 valence electrons. The molecule has 0 aliphatic carbocycles. The Kier molecular flexibility index (Phi) is 5.20. The highest BCUT2D eigenvalue weighted by atomic mass is 19.4. The Morgan fingerprint density at radius 1 is 1.15 bits per heavy atom. The number of rotatable bonds is 5. The van der Waals surface area contributed by atoms with Crippen LogP contribution in [-0.4, -0.2) is 26.1 Å². The van der Waals surface area contributed by atoms with Crippen LogP contribution in [0, 0.1) is 0 Å². The van der Waals surface area contributed by atoms with Crippen LogP contribution in [0.1, 0.15) is 24.1 Å². The minimum atomic E-state index is -4.46. The van der Waals surface area contributed by atoms with Gasteiger partial charge in [-0.15, -0.1) is 10.2 Å². The third-order valence-electron chi connectivity index (χ3n) is 3.91. The first kappa shape index (κ1) is 18.6. The molecule has 0 saturated carbocycles. The summed E-state index contributed by atoms with van der Waals surface area (Å²) >= 11 is 0. The van der Waals surface area contributed by atoms with Gasteiger partial charge in [0.05, 0.1) is 5.56 Å². The molecular formula is C18H16F3N5O. The van der Waals surface area contributed by atoms with E-state index in [0.29, 0.717) is 6.54 Å². The molecule has 0 spiro atoms. The van der Waals surface area contributed by atoms with Crippen LogP contribution in [0.25, 0.3) is 11.4 Å². The van der Waals surface area contributed by atoms with Crippen molar-refractivity contribution in [1.82, 2.24) is 25.5 Å². The third kappa shape index (κ3) is 4.49. The van der Waals surface area contributed by atoms with E-state index in [-0.39, 0.29) is 17.3 Å². The second-order valence-electron chi connectivity index (χ2n) is 5.89. The van der Waals surface area contributed by atoms with E-state index in [1.54, 1.807) is 6.92 Å². The van der Waals surface area contributed by atoms with E-state index in [4.69, 9.17) is 0 Å². The lowest BCUT2D eigenvalue weighted by Gasteiger charge is -2.10. The van der Waals surface area contributed by atoms with Gasteiger partial charge in [0.15, 0.2) is 0 Å². The summed E-state index contributed by atoms with van der Waals surface area (Å²) in [6.07, 6.45) is -4.46. The maximum Gasteiger partial charge on any atom is 0.416 e. The van der Waals surface area contributed by atoms with Gasteiger partial charge in [0.25, 0.3) is 0 Å². The predicted octanol–water partition coefficient (Wildman–Crippen LogP) is 3.24. The summed E-state index contributed by atoms with van der Waals surface area (Å²) in [7, 11) is 0. The number of benzene rings is 2. The Balaban J connectivity index is 1.70. The molecule has 27 heavy (non-hydrogen) atoms. The molecule has 3 rings (SSSR count). The number of alkyl halides is 3. The van der Waals surface area contributed by atoms with Gasteiger partial charge in [-0.25, -0.2) is 0 Å². The molecule has 1 heterocycles. The zero-order chi connectivity index (χ0) is 19.4. The van der Waals surface area contributed by atoms with Crippen LogP contribution in [0.4, 0.5) is 13.2 Å². The summed E-state index contributed by atoms with van der Waals surface area (Å²) in [5.41, 5.74) is 0.312. The Morgan fingerprint density at radius 3 is 2.59 bits per heavy atom. The van der Waals surface area contributed by atoms with Crippen LogP contribution in [-0.2, 0) is 17.5 Å².